The highest BCUT2D eigenvalue weighted by molar-refractivity contribution is 5.97. The van der Waals surface area contributed by atoms with Crippen LogP contribution in [0.2, 0.25) is 0 Å². The molecule has 2 aromatic rings. The van der Waals surface area contributed by atoms with Gasteiger partial charge in [0, 0.05) is 17.0 Å². The van der Waals surface area contributed by atoms with E-state index in [1.165, 1.54) is 0 Å². The summed E-state index contributed by atoms with van der Waals surface area (Å²) in [6.45, 7) is 0. The molecule has 3 rings (SSSR count). The van der Waals surface area contributed by atoms with Crippen molar-refractivity contribution >= 4 is 16.8 Å². The second-order valence-corrected chi connectivity index (χ2v) is 3.92. The zero-order valence-electron chi connectivity index (χ0n) is 8.16. The van der Waals surface area contributed by atoms with Gasteiger partial charge in [0.1, 0.15) is 0 Å². The molecule has 1 aromatic carbocycles. The number of carbonyl (C=O) groups is 1. The van der Waals surface area contributed by atoms with E-state index in [-0.39, 0.29) is 5.91 Å². The standard InChI is InChI=1S/C11H11N3O/c15-11(13-9-3-4-9)7-1-2-8-6-12-14-10(8)5-7/h1-2,5-6,9H,3-4H2,(H,12,14)(H,13,15). The monoisotopic (exact) mass is 201 g/mol. The fourth-order valence-electron chi connectivity index (χ4n) is 1.57. The van der Waals surface area contributed by atoms with Gasteiger partial charge in [0.2, 0.25) is 0 Å². The summed E-state index contributed by atoms with van der Waals surface area (Å²) in [7, 11) is 0. The van der Waals surface area contributed by atoms with Crippen LogP contribution in [0.3, 0.4) is 0 Å². The van der Waals surface area contributed by atoms with Crippen molar-refractivity contribution in [1.29, 1.82) is 0 Å². The third kappa shape index (κ3) is 1.58. The molecule has 0 bridgehead atoms. The maximum Gasteiger partial charge on any atom is 0.251 e. The zero-order valence-corrected chi connectivity index (χ0v) is 8.16. The molecule has 1 aliphatic rings. The first kappa shape index (κ1) is 8.47. The number of hydrogen-bond donors (Lipinski definition) is 2. The molecular formula is C11H11N3O. The van der Waals surface area contributed by atoms with E-state index in [2.05, 4.69) is 15.5 Å². The van der Waals surface area contributed by atoms with E-state index in [1.54, 1.807) is 6.20 Å². The van der Waals surface area contributed by atoms with E-state index in [0.717, 1.165) is 23.7 Å². The van der Waals surface area contributed by atoms with E-state index < -0.39 is 0 Å². The number of carbonyl (C=O) groups excluding carboxylic acids is 1. The molecule has 1 aromatic heterocycles. The largest absolute Gasteiger partial charge is 0.349 e. The minimum atomic E-state index is 0.00833. The number of nitrogens with one attached hydrogen (secondary N) is 2. The van der Waals surface area contributed by atoms with Gasteiger partial charge in [0.05, 0.1) is 11.7 Å². The Hall–Kier alpha value is -1.84. The molecule has 4 nitrogen and oxygen atoms in total. The number of benzene rings is 1. The third-order valence-corrected chi connectivity index (χ3v) is 2.62. The molecule has 1 heterocycles. The van der Waals surface area contributed by atoms with Crippen LogP contribution in [0.5, 0.6) is 0 Å². The number of amides is 1. The van der Waals surface area contributed by atoms with Crippen molar-refractivity contribution in [3.8, 4) is 0 Å². The average Bonchev–Trinajstić information content (AvgIpc) is 2.94. The average molecular weight is 201 g/mol. The molecule has 0 unspecified atom stereocenters. The minimum Gasteiger partial charge on any atom is -0.349 e. The number of hydrogen-bond acceptors (Lipinski definition) is 2. The predicted molar refractivity (Wildman–Crippen MR) is 56.6 cm³/mol. The van der Waals surface area contributed by atoms with Crippen molar-refractivity contribution in [1.82, 2.24) is 15.5 Å². The van der Waals surface area contributed by atoms with Gasteiger partial charge < -0.3 is 5.32 Å². The Balaban J connectivity index is 1.91. The lowest BCUT2D eigenvalue weighted by atomic mass is 10.1. The second kappa shape index (κ2) is 3.08. The van der Waals surface area contributed by atoms with E-state index in [0.29, 0.717) is 11.6 Å². The summed E-state index contributed by atoms with van der Waals surface area (Å²) in [5.74, 6) is 0.00833. The van der Waals surface area contributed by atoms with Crippen molar-refractivity contribution in [3.63, 3.8) is 0 Å². The Labute approximate surface area is 86.7 Å². The molecule has 0 spiro atoms. The van der Waals surface area contributed by atoms with Crippen LogP contribution in [-0.4, -0.2) is 22.1 Å². The van der Waals surface area contributed by atoms with Gasteiger partial charge in [-0.05, 0) is 25.0 Å². The SMILES string of the molecule is O=C(NC1CC1)c1ccc2cn[nH]c2c1. The normalized spacial score (nSPS) is 15.5. The van der Waals surface area contributed by atoms with Crippen LogP contribution in [0.15, 0.2) is 24.4 Å². The van der Waals surface area contributed by atoms with Crippen molar-refractivity contribution < 1.29 is 4.79 Å². The lowest BCUT2D eigenvalue weighted by Gasteiger charge is -2.02. The topological polar surface area (TPSA) is 57.8 Å². The molecule has 1 amide bonds. The molecule has 76 valence electrons. The van der Waals surface area contributed by atoms with Gasteiger partial charge in [-0.1, -0.05) is 6.07 Å². The maximum atomic E-state index is 11.7. The predicted octanol–water partition coefficient (Wildman–Crippen LogP) is 1.46. The molecule has 1 fully saturated rings. The Kier molecular flexibility index (Phi) is 1.74. The van der Waals surface area contributed by atoms with Gasteiger partial charge >= 0.3 is 0 Å². The first-order valence-corrected chi connectivity index (χ1v) is 5.07. The summed E-state index contributed by atoms with van der Waals surface area (Å²) in [6.07, 6.45) is 3.97. The first-order valence-electron chi connectivity index (χ1n) is 5.07. The quantitative estimate of drug-likeness (QED) is 0.772. The zero-order chi connectivity index (χ0) is 10.3. The summed E-state index contributed by atoms with van der Waals surface area (Å²) in [5, 5.41) is 10.8. The van der Waals surface area contributed by atoms with Crippen LogP contribution < -0.4 is 5.32 Å². The Morgan fingerprint density at radius 1 is 1.47 bits per heavy atom. The first-order chi connectivity index (χ1) is 7.33. The summed E-state index contributed by atoms with van der Waals surface area (Å²) in [5.41, 5.74) is 1.59. The molecule has 1 saturated carbocycles. The van der Waals surface area contributed by atoms with Crippen LogP contribution in [0.4, 0.5) is 0 Å². The third-order valence-electron chi connectivity index (χ3n) is 2.62. The van der Waals surface area contributed by atoms with Crippen LogP contribution in [0, 0.1) is 0 Å². The molecule has 15 heavy (non-hydrogen) atoms. The van der Waals surface area contributed by atoms with Crippen molar-refractivity contribution in [2.45, 2.75) is 18.9 Å². The highest BCUT2D eigenvalue weighted by Gasteiger charge is 2.23. The van der Waals surface area contributed by atoms with Crippen LogP contribution in [-0.2, 0) is 0 Å². The molecule has 0 atom stereocenters. The van der Waals surface area contributed by atoms with Crippen molar-refractivity contribution in [2.75, 3.05) is 0 Å². The number of H-pyrrole nitrogens is 1. The van der Waals surface area contributed by atoms with Gasteiger partial charge in [-0.2, -0.15) is 5.10 Å². The second-order valence-electron chi connectivity index (χ2n) is 3.92. The highest BCUT2D eigenvalue weighted by atomic mass is 16.1. The summed E-state index contributed by atoms with van der Waals surface area (Å²) in [6, 6.07) is 5.96. The Morgan fingerprint density at radius 2 is 2.33 bits per heavy atom. The van der Waals surface area contributed by atoms with E-state index in [1.807, 2.05) is 18.2 Å². The molecule has 1 aliphatic carbocycles. The number of nitrogens with zero attached hydrogens (tertiary/aromatic N) is 1. The Morgan fingerprint density at radius 3 is 3.13 bits per heavy atom. The minimum absolute atomic E-state index is 0.00833. The molecule has 0 radical (unpaired) electrons. The maximum absolute atomic E-state index is 11.7. The number of rotatable bonds is 2. The van der Waals surface area contributed by atoms with E-state index in [4.69, 9.17) is 0 Å². The van der Waals surface area contributed by atoms with E-state index in [9.17, 15) is 4.79 Å². The number of aromatic amines is 1. The smallest absolute Gasteiger partial charge is 0.251 e. The van der Waals surface area contributed by atoms with Gasteiger partial charge in [0.15, 0.2) is 0 Å². The molecule has 4 heteroatoms. The molecule has 0 saturated heterocycles. The number of fused-ring (bicyclic) bond motifs is 1. The fraction of sp³-hybridized carbons (Fsp3) is 0.273. The number of aromatic nitrogens is 2. The van der Waals surface area contributed by atoms with Gasteiger partial charge in [-0.3, -0.25) is 9.89 Å². The Bertz CT molecular complexity index is 513. The van der Waals surface area contributed by atoms with Crippen LogP contribution in [0.1, 0.15) is 23.2 Å². The fourth-order valence-corrected chi connectivity index (χ4v) is 1.57. The van der Waals surface area contributed by atoms with Crippen LogP contribution in [0.25, 0.3) is 10.9 Å². The van der Waals surface area contributed by atoms with Crippen molar-refractivity contribution in [3.05, 3.63) is 30.0 Å². The summed E-state index contributed by atoms with van der Waals surface area (Å²) < 4.78 is 0. The lowest BCUT2D eigenvalue weighted by molar-refractivity contribution is 0.0951. The molecule has 2 N–H and O–H groups in total. The van der Waals surface area contributed by atoms with E-state index >= 15 is 0 Å². The molecule has 0 aliphatic heterocycles. The highest BCUT2D eigenvalue weighted by Crippen LogP contribution is 2.20. The van der Waals surface area contributed by atoms with Gasteiger partial charge in [0.25, 0.3) is 5.91 Å². The summed E-state index contributed by atoms with van der Waals surface area (Å²) in [4.78, 5) is 11.7. The lowest BCUT2D eigenvalue weighted by Crippen LogP contribution is -2.25. The summed E-state index contributed by atoms with van der Waals surface area (Å²) >= 11 is 0. The molecular weight excluding hydrogens is 190 g/mol. The van der Waals surface area contributed by atoms with Crippen molar-refractivity contribution in [2.24, 2.45) is 0 Å². The van der Waals surface area contributed by atoms with Gasteiger partial charge in [-0.25, -0.2) is 0 Å². The van der Waals surface area contributed by atoms with Crippen LogP contribution >= 0.6 is 0 Å². The van der Waals surface area contributed by atoms with Gasteiger partial charge in [-0.15, -0.1) is 0 Å².